The van der Waals surface area contributed by atoms with Crippen molar-refractivity contribution >= 4 is 5.91 Å². The molecule has 2 aliphatic rings. The maximum Gasteiger partial charge on any atom is 0.239 e. The van der Waals surface area contributed by atoms with Gasteiger partial charge in [0.25, 0.3) is 0 Å². The molecule has 4 heteroatoms. The van der Waals surface area contributed by atoms with E-state index >= 15 is 0 Å². The Kier molecular flexibility index (Phi) is 3.59. The summed E-state index contributed by atoms with van der Waals surface area (Å²) in [7, 11) is 0. The van der Waals surface area contributed by atoms with Crippen LogP contribution in [0.5, 0.6) is 0 Å². The molecule has 2 saturated heterocycles. The van der Waals surface area contributed by atoms with E-state index < -0.39 is 0 Å². The fraction of sp³-hybridized carbons (Fsp3) is 0.909. The quantitative estimate of drug-likeness (QED) is 0.639. The number of amides is 1. The molecule has 2 aliphatic heterocycles. The van der Waals surface area contributed by atoms with E-state index in [1.807, 2.05) is 6.92 Å². The second kappa shape index (κ2) is 4.94. The SMILES string of the molecule is CC1NCCCN(C2CCCNC2)C1=O. The average Bonchev–Trinajstić information content (AvgIpc) is 2.44. The van der Waals surface area contributed by atoms with Crippen LogP contribution >= 0.6 is 0 Å². The van der Waals surface area contributed by atoms with Gasteiger partial charge in [0, 0.05) is 19.1 Å². The summed E-state index contributed by atoms with van der Waals surface area (Å²) >= 11 is 0. The fourth-order valence-corrected chi connectivity index (χ4v) is 2.48. The second-order valence-corrected chi connectivity index (χ2v) is 4.56. The van der Waals surface area contributed by atoms with Gasteiger partial charge in [0.2, 0.25) is 5.91 Å². The zero-order valence-electron chi connectivity index (χ0n) is 9.46. The number of hydrogen-bond donors (Lipinski definition) is 2. The van der Waals surface area contributed by atoms with Crippen LogP contribution in [0.1, 0.15) is 26.2 Å². The minimum atomic E-state index is -0.00516. The van der Waals surface area contributed by atoms with E-state index in [-0.39, 0.29) is 11.9 Å². The van der Waals surface area contributed by atoms with E-state index in [9.17, 15) is 4.79 Å². The standard InChI is InChI=1S/C11H21N3O/c1-9-11(15)14(7-3-6-13-9)10-4-2-5-12-8-10/h9-10,12-13H,2-8H2,1H3. The van der Waals surface area contributed by atoms with Gasteiger partial charge in [-0.05, 0) is 39.3 Å². The predicted octanol–water partition coefficient (Wildman–Crippen LogP) is -0.0512. The molecule has 0 radical (unpaired) electrons. The van der Waals surface area contributed by atoms with Gasteiger partial charge in [0.15, 0.2) is 0 Å². The lowest BCUT2D eigenvalue weighted by Crippen LogP contribution is -2.52. The summed E-state index contributed by atoms with van der Waals surface area (Å²) in [6.45, 7) is 5.92. The first-order valence-corrected chi connectivity index (χ1v) is 6.03. The van der Waals surface area contributed by atoms with Crippen LogP contribution in [0.2, 0.25) is 0 Å². The summed E-state index contributed by atoms with van der Waals surface area (Å²) in [4.78, 5) is 14.2. The molecule has 1 amide bonds. The van der Waals surface area contributed by atoms with E-state index in [0.717, 1.165) is 39.0 Å². The minimum Gasteiger partial charge on any atom is -0.337 e. The molecule has 2 rings (SSSR count). The number of nitrogens with one attached hydrogen (secondary N) is 2. The molecule has 2 heterocycles. The van der Waals surface area contributed by atoms with Gasteiger partial charge in [-0.2, -0.15) is 0 Å². The lowest BCUT2D eigenvalue weighted by atomic mass is 10.0. The molecular weight excluding hydrogens is 190 g/mol. The topological polar surface area (TPSA) is 44.4 Å². The van der Waals surface area contributed by atoms with Gasteiger partial charge in [-0.1, -0.05) is 0 Å². The highest BCUT2D eigenvalue weighted by molar-refractivity contribution is 5.82. The van der Waals surface area contributed by atoms with Crippen molar-refractivity contribution in [3.63, 3.8) is 0 Å². The van der Waals surface area contributed by atoms with E-state index in [1.165, 1.54) is 6.42 Å². The van der Waals surface area contributed by atoms with Crippen LogP contribution < -0.4 is 10.6 Å². The molecule has 2 N–H and O–H groups in total. The van der Waals surface area contributed by atoms with Gasteiger partial charge < -0.3 is 15.5 Å². The summed E-state index contributed by atoms with van der Waals surface area (Å²) in [5.41, 5.74) is 0. The molecule has 0 aromatic heterocycles. The fourth-order valence-electron chi connectivity index (χ4n) is 2.48. The molecule has 4 nitrogen and oxygen atoms in total. The molecule has 0 aliphatic carbocycles. The van der Waals surface area contributed by atoms with Crippen LogP contribution in [0.15, 0.2) is 0 Å². The third-order valence-electron chi connectivity index (χ3n) is 3.39. The summed E-state index contributed by atoms with van der Waals surface area (Å²) < 4.78 is 0. The molecule has 2 fully saturated rings. The van der Waals surface area contributed by atoms with Gasteiger partial charge in [-0.25, -0.2) is 0 Å². The number of carbonyl (C=O) groups is 1. The molecule has 2 unspecified atom stereocenters. The highest BCUT2D eigenvalue weighted by Gasteiger charge is 2.29. The van der Waals surface area contributed by atoms with Crippen molar-refractivity contribution in [3.8, 4) is 0 Å². The Bertz CT molecular complexity index is 226. The summed E-state index contributed by atoms with van der Waals surface area (Å²) in [5.74, 6) is 0.279. The Labute approximate surface area is 91.4 Å². The van der Waals surface area contributed by atoms with Crippen molar-refractivity contribution in [3.05, 3.63) is 0 Å². The van der Waals surface area contributed by atoms with E-state index in [0.29, 0.717) is 6.04 Å². The Morgan fingerprint density at radius 2 is 2.20 bits per heavy atom. The summed E-state index contributed by atoms with van der Waals surface area (Å²) in [6.07, 6.45) is 3.42. The zero-order chi connectivity index (χ0) is 10.7. The lowest BCUT2D eigenvalue weighted by Gasteiger charge is -2.34. The number of rotatable bonds is 1. The van der Waals surface area contributed by atoms with Crippen molar-refractivity contribution in [2.24, 2.45) is 0 Å². The summed E-state index contributed by atoms with van der Waals surface area (Å²) in [6, 6.07) is 0.419. The number of nitrogens with zero attached hydrogens (tertiary/aromatic N) is 1. The predicted molar refractivity (Wildman–Crippen MR) is 59.7 cm³/mol. The van der Waals surface area contributed by atoms with E-state index in [4.69, 9.17) is 0 Å². The maximum atomic E-state index is 12.1. The molecule has 0 aromatic carbocycles. The molecule has 0 bridgehead atoms. The molecule has 0 spiro atoms. The monoisotopic (exact) mass is 211 g/mol. The molecule has 0 aromatic rings. The third kappa shape index (κ3) is 2.49. The number of hydrogen-bond acceptors (Lipinski definition) is 3. The number of carbonyl (C=O) groups excluding carboxylic acids is 1. The van der Waals surface area contributed by atoms with Crippen LogP contribution in [-0.2, 0) is 4.79 Å². The van der Waals surface area contributed by atoms with Crippen LogP contribution in [0.25, 0.3) is 0 Å². The zero-order valence-corrected chi connectivity index (χ0v) is 9.46. The normalized spacial score (nSPS) is 33.9. The lowest BCUT2D eigenvalue weighted by molar-refractivity contribution is -0.134. The molecule has 86 valence electrons. The van der Waals surface area contributed by atoms with Gasteiger partial charge in [-0.3, -0.25) is 4.79 Å². The van der Waals surface area contributed by atoms with Crippen molar-refractivity contribution < 1.29 is 4.79 Å². The molecule has 0 saturated carbocycles. The van der Waals surface area contributed by atoms with Crippen LogP contribution in [0.3, 0.4) is 0 Å². The third-order valence-corrected chi connectivity index (χ3v) is 3.39. The van der Waals surface area contributed by atoms with E-state index in [2.05, 4.69) is 15.5 Å². The highest BCUT2D eigenvalue weighted by atomic mass is 16.2. The smallest absolute Gasteiger partial charge is 0.239 e. The van der Waals surface area contributed by atoms with Crippen LogP contribution in [0, 0.1) is 0 Å². The first-order valence-electron chi connectivity index (χ1n) is 6.03. The first kappa shape index (κ1) is 10.9. The largest absolute Gasteiger partial charge is 0.337 e. The van der Waals surface area contributed by atoms with E-state index in [1.54, 1.807) is 0 Å². The van der Waals surface area contributed by atoms with Crippen molar-refractivity contribution in [2.75, 3.05) is 26.2 Å². The first-order chi connectivity index (χ1) is 7.29. The van der Waals surface area contributed by atoms with Gasteiger partial charge >= 0.3 is 0 Å². The highest BCUT2D eigenvalue weighted by Crippen LogP contribution is 2.14. The molecular formula is C11H21N3O. The maximum absolute atomic E-state index is 12.1. The van der Waals surface area contributed by atoms with Crippen molar-refractivity contribution in [1.82, 2.24) is 15.5 Å². The van der Waals surface area contributed by atoms with Crippen LogP contribution in [0.4, 0.5) is 0 Å². The molecule has 15 heavy (non-hydrogen) atoms. The Balaban J connectivity index is 2.00. The summed E-state index contributed by atoms with van der Waals surface area (Å²) in [5, 5.41) is 6.63. The van der Waals surface area contributed by atoms with Crippen molar-refractivity contribution in [1.29, 1.82) is 0 Å². The molecule has 2 atom stereocenters. The van der Waals surface area contributed by atoms with Gasteiger partial charge in [0.1, 0.15) is 0 Å². The Hall–Kier alpha value is -0.610. The average molecular weight is 211 g/mol. The minimum absolute atomic E-state index is 0.00516. The van der Waals surface area contributed by atoms with Gasteiger partial charge in [-0.15, -0.1) is 0 Å². The Morgan fingerprint density at radius 1 is 1.33 bits per heavy atom. The second-order valence-electron chi connectivity index (χ2n) is 4.56. The van der Waals surface area contributed by atoms with Crippen LogP contribution in [-0.4, -0.2) is 49.1 Å². The van der Waals surface area contributed by atoms with Gasteiger partial charge in [0.05, 0.1) is 6.04 Å². The number of piperidine rings is 1. The van der Waals surface area contributed by atoms with Crippen molar-refractivity contribution in [2.45, 2.75) is 38.3 Å². The Morgan fingerprint density at radius 3 is 2.93 bits per heavy atom.